The lowest BCUT2D eigenvalue weighted by Gasteiger charge is -2.23. The van der Waals surface area contributed by atoms with Gasteiger partial charge in [-0.3, -0.25) is 4.79 Å². The van der Waals surface area contributed by atoms with Crippen LogP contribution in [-0.2, 0) is 11.2 Å². The Morgan fingerprint density at radius 1 is 0.852 bits per heavy atom. The summed E-state index contributed by atoms with van der Waals surface area (Å²) in [4.78, 5) is 12.7. The van der Waals surface area contributed by atoms with Gasteiger partial charge in [0.05, 0.1) is 17.8 Å². The van der Waals surface area contributed by atoms with E-state index < -0.39 is 12.1 Å². The van der Waals surface area contributed by atoms with Gasteiger partial charge in [-0.25, -0.2) is 0 Å². The molecule has 0 aliphatic carbocycles. The number of rotatable bonds is 7. The Labute approximate surface area is 159 Å². The van der Waals surface area contributed by atoms with Crippen molar-refractivity contribution in [3.05, 3.63) is 108 Å². The molecule has 0 aliphatic rings. The van der Waals surface area contributed by atoms with Gasteiger partial charge in [-0.2, -0.15) is 0 Å². The standard InChI is InChI=1S/C23H23N3O/c24-20(16-17-10-4-1-5-11-17)23(27)26-22(19-14-8-3-9-15-19)21(25)18-12-6-2-7-13-18/h1-15,20,22,25H,16,24H2,(H,26,27)/t20-,22?/m0/s1. The van der Waals surface area contributed by atoms with Crippen LogP contribution in [0, 0.1) is 5.41 Å². The normalized spacial score (nSPS) is 12.8. The molecule has 136 valence electrons. The third kappa shape index (κ3) is 4.90. The molecule has 0 heterocycles. The zero-order chi connectivity index (χ0) is 19.1. The predicted octanol–water partition coefficient (Wildman–Crippen LogP) is 3.48. The van der Waals surface area contributed by atoms with Crippen LogP contribution in [0.15, 0.2) is 91.0 Å². The average molecular weight is 357 g/mol. The van der Waals surface area contributed by atoms with E-state index in [9.17, 15) is 4.79 Å². The van der Waals surface area contributed by atoms with Gasteiger partial charge >= 0.3 is 0 Å². The molecule has 3 aromatic carbocycles. The maximum Gasteiger partial charge on any atom is 0.238 e. The van der Waals surface area contributed by atoms with Crippen LogP contribution in [-0.4, -0.2) is 17.7 Å². The summed E-state index contributed by atoms with van der Waals surface area (Å²) in [5, 5.41) is 11.6. The Morgan fingerprint density at radius 3 is 1.96 bits per heavy atom. The smallest absolute Gasteiger partial charge is 0.238 e. The SMILES string of the molecule is N=C(c1ccccc1)C(NC(=O)[C@@H](N)Cc1ccccc1)c1ccccc1. The van der Waals surface area contributed by atoms with Gasteiger partial charge in [0.15, 0.2) is 0 Å². The fourth-order valence-electron chi connectivity index (χ4n) is 2.96. The van der Waals surface area contributed by atoms with E-state index >= 15 is 0 Å². The second-order valence-corrected chi connectivity index (χ2v) is 6.43. The highest BCUT2D eigenvalue weighted by Gasteiger charge is 2.23. The molecule has 0 aliphatic heterocycles. The second kappa shape index (κ2) is 8.92. The molecule has 0 fully saturated rings. The van der Waals surface area contributed by atoms with Crippen molar-refractivity contribution in [1.82, 2.24) is 5.32 Å². The molecule has 4 nitrogen and oxygen atoms in total. The monoisotopic (exact) mass is 357 g/mol. The summed E-state index contributed by atoms with van der Waals surface area (Å²) in [5.74, 6) is -0.270. The summed E-state index contributed by atoms with van der Waals surface area (Å²) >= 11 is 0. The lowest BCUT2D eigenvalue weighted by Crippen LogP contribution is -2.45. The van der Waals surface area contributed by atoms with Crippen LogP contribution < -0.4 is 11.1 Å². The van der Waals surface area contributed by atoms with Crippen molar-refractivity contribution in [2.75, 3.05) is 0 Å². The van der Waals surface area contributed by atoms with Crippen molar-refractivity contribution in [3.63, 3.8) is 0 Å². The lowest BCUT2D eigenvalue weighted by atomic mass is 9.96. The number of nitrogens with one attached hydrogen (secondary N) is 2. The first kappa shape index (κ1) is 18.5. The summed E-state index contributed by atoms with van der Waals surface area (Å²) < 4.78 is 0. The van der Waals surface area contributed by atoms with Crippen molar-refractivity contribution in [2.45, 2.75) is 18.5 Å². The molecule has 0 bridgehead atoms. The number of carbonyl (C=O) groups is 1. The Balaban J connectivity index is 1.79. The minimum atomic E-state index is -0.679. The first-order chi connectivity index (χ1) is 13.1. The average Bonchev–Trinajstić information content (AvgIpc) is 2.73. The molecule has 1 unspecified atom stereocenters. The van der Waals surface area contributed by atoms with Gasteiger partial charge in [0, 0.05) is 0 Å². The van der Waals surface area contributed by atoms with E-state index in [2.05, 4.69) is 5.32 Å². The van der Waals surface area contributed by atoms with Crippen LogP contribution in [0.2, 0.25) is 0 Å². The summed E-state index contributed by atoms with van der Waals surface area (Å²) in [6, 6.07) is 27.4. The van der Waals surface area contributed by atoms with Gasteiger partial charge < -0.3 is 16.5 Å². The summed E-state index contributed by atoms with van der Waals surface area (Å²) in [6.45, 7) is 0. The zero-order valence-corrected chi connectivity index (χ0v) is 15.0. The third-order valence-corrected chi connectivity index (χ3v) is 4.43. The molecule has 27 heavy (non-hydrogen) atoms. The fourth-order valence-corrected chi connectivity index (χ4v) is 2.96. The van der Waals surface area contributed by atoms with Crippen molar-refractivity contribution < 1.29 is 4.79 Å². The molecule has 0 aromatic heterocycles. The maximum atomic E-state index is 12.7. The van der Waals surface area contributed by atoms with Gasteiger partial charge in [0.2, 0.25) is 5.91 Å². The topological polar surface area (TPSA) is 79.0 Å². The molecule has 0 spiro atoms. The number of hydrogen-bond acceptors (Lipinski definition) is 3. The van der Waals surface area contributed by atoms with E-state index in [1.807, 2.05) is 91.0 Å². The van der Waals surface area contributed by atoms with Crippen LogP contribution in [0.25, 0.3) is 0 Å². The molecule has 1 amide bonds. The molecule has 4 N–H and O–H groups in total. The number of carbonyl (C=O) groups excluding carboxylic acids is 1. The highest BCUT2D eigenvalue weighted by Crippen LogP contribution is 2.19. The quantitative estimate of drug-likeness (QED) is 0.566. The Bertz CT molecular complexity index is 879. The zero-order valence-electron chi connectivity index (χ0n) is 15.0. The van der Waals surface area contributed by atoms with Crippen LogP contribution in [0.4, 0.5) is 0 Å². The van der Waals surface area contributed by atoms with Gasteiger partial charge in [-0.15, -0.1) is 0 Å². The first-order valence-corrected chi connectivity index (χ1v) is 8.94. The Morgan fingerprint density at radius 2 is 1.37 bits per heavy atom. The summed E-state index contributed by atoms with van der Waals surface area (Å²) in [7, 11) is 0. The second-order valence-electron chi connectivity index (χ2n) is 6.43. The van der Waals surface area contributed by atoms with E-state index in [0.717, 1.165) is 16.7 Å². The number of benzene rings is 3. The number of hydrogen-bond donors (Lipinski definition) is 3. The van der Waals surface area contributed by atoms with Crippen LogP contribution in [0.3, 0.4) is 0 Å². The molecule has 3 rings (SSSR count). The van der Waals surface area contributed by atoms with Gasteiger partial charge in [0.1, 0.15) is 0 Å². The van der Waals surface area contributed by atoms with E-state index in [0.29, 0.717) is 12.1 Å². The number of amides is 1. The van der Waals surface area contributed by atoms with E-state index in [1.165, 1.54) is 0 Å². The third-order valence-electron chi connectivity index (χ3n) is 4.43. The minimum Gasteiger partial charge on any atom is -0.342 e. The fraction of sp³-hybridized carbons (Fsp3) is 0.130. The van der Waals surface area contributed by atoms with Crippen molar-refractivity contribution in [1.29, 1.82) is 5.41 Å². The first-order valence-electron chi connectivity index (χ1n) is 8.94. The van der Waals surface area contributed by atoms with Gasteiger partial charge in [-0.05, 0) is 23.1 Å². The lowest BCUT2D eigenvalue weighted by molar-refractivity contribution is -0.122. The molecule has 2 atom stereocenters. The Kier molecular flexibility index (Phi) is 6.13. The summed E-state index contributed by atoms with van der Waals surface area (Å²) in [6.07, 6.45) is 0.451. The number of nitrogens with two attached hydrogens (primary N) is 1. The molecule has 4 heteroatoms. The molecular formula is C23H23N3O. The highest BCUT2D eigenvalue weighted by atomic mass is 16.2. The molecular weight excluding hydrogens is 334 g/mol. The predicted molar refractivity (Wildman–Crippen MR) is 109 cm³/mol. The molecule has 0 radical (unpaired) electrons. The largest absolute Gasteiger partial charge is 0.342 e. The van der Waals surface area contributed by atoms with Gasteiger partial charge in [-0.1, -0.05) is 91.0 Å². The minimum absolute atomic E-state index is 0.270. The molecule has 0 saturated heterocycles. The van der Waals surface area contributed by atoms with E-state index in [4.69, 9.17) is 11.1 Å². The van der Waals surface area contributed by atoms with Crippen LogP contribution >= 0.6 is 0 Å². The van der Waals surface area contributed by atoms with Crippen molar-refractivity contribution in [3.8, 4) is 0 Å². The van der Waals surface area contributed by atoms with Gasteiger partial charge in [0.25, 0.3) is 0 Å². The van der Waals surface area contributed by atoms with Crippen molar-refractivity contribution >= 4 is 11.6 Å². The summed E-state index contributed by atoms with van der Waals surface area (Å²) in [5.41, 5.74) is 9.10. The van der Waals surface area contributed by atoms with E-state index in [1.54, 1.807) is 0 Å². The van der Waals surface area contributed by atoms with E-state index in [-0.39, 0.29) is 5.91 Å². The van der Waals surface area contributed by atoms with Crippen LogP contribution in [0.5, 0.6) is 0 Å². The van der Waals surface area contributed by atoms with Crippen molar-refractivity contribution in [2.24, 2.45) is 5.73 Å². The molecule has 3 aromatic rings. The Hall–Kier alpha value is -3.24. The molecule has 0 saturated carbocycles. The van der Waals surface area contributed by atoms with Crippen LogP contribution in [0.1, 0.15) is 22.7 Å². The maximum absolute atomic E-state index is 12.7. The highest BCUT2D eigenvalue weighted by molar-refractivity contribution is 6.04.